The molecular formula is C16H14N6O2S. The lowest BCUT2D eigenvalue weighted by Crippen LogP contribution is -2.11. The van der Waals surface area contributed by atoms with E-state index in [0.717, 1.165) is 17.2 Å². The number of fused-ring (bicyclic) bond motifs is 1. The number of nitrogens with zero attached hydrogens (tertiary/aromatic N) is 4. The molecule has 25 heavy (non-hydrogen) atoms. The number of anilines is 1. The van der Waals surface area contributed by atoms with Crippen LogP contribution in [-0.2, 0) is 6.42 Å². The number of aromatic nitrogens is 5. The van der Waals surface area contributed by atoms with Gasteiger partial charge in [0.15, 0.2) is 5.82 Å². The molecule has 0 saturated heterocycles. The highest BCUT2D eigenvalue weighted by atomic mass is 32.1. The van der Waals surface area contributed by atoms with Crippen molar-refractivity contribution in [2.24, 2.45) is 0 Å². The minimum atomic E-state index is -0.319. The average molecular weight is 354 g/mol. The molecule has 0 fully saturated rings. The van der Waals surface area contributed by atoms with E-state index in [-0.39, 0.29) is 11.7 Å². The first-order valence-corrected chi connectivity index (χ1v) is 8.50. The summed E-state index contributed by atoms with van der Waals surface area (Å²) in [5.41, 5.74) is 2.04. The van der Waals surface area contributed by atoms with Crippen molar-refractivity contribution < 1.29 is 9.90 Å². The van der Waals surface area contributed by atoms with Crippen LogP contribution in [0, 0.1) is 0 Å². The van der Waals surface area contributed by atoms with Gasteiger partial charge >= 0.3 is 0 Å². The molecule has 0 spiro atoms. The van der Waals surface area contributed by atoms with Gasteiger partial charge < -0.3 is 10.4 Å². The second kappa shape index (κ2) is 6.02. The number of thiazole rings is 1. The summed E-state index contributed by atoms with van der Waals surface area (Å²) in [5.74, 6) is 0.209. The van der Waals surface area contributed by atoms with Gasteiger partial charge in [0.2, 0.25) is 5.13 Å². The molecular weight excluding hydrogens is 340 g/mol. The van der Waals surface area contributed by atoms with Gasteiger partial charge in [-0.2, -0.15) is 10.2 Å². The number of aryl methyl sites for hydroxylation is 1. The summed E-state index contributed by atoms with van der Waals surface area (Å²) < 4.78 is 1.58. The molecule has 3 N–H and O–H groups in total. The number of rotatable bonds is 4. The lowest BCUT2D eigenvalue weighted by molar-refractivity contribution is 0.102. The fourth-order valence-corrected chi connectivity index (χ4v) is 3.23. The first kappa shape index (κ1) is 15.3. The molecule has 1 aromatic carbocycles. The van der Waals surface area contributed by atoms with Gasteiger partial charge in [-0.1, -0.05) is 6.92 Å². The Labute approximate surface area is 146 Å². The number of benzene rings is 1. The summed E-state index contributed by atoms with van der Waals surface area (Å²) in [5, 5.41) is 26.7. The number of phenols is 1. The Morgan fingerprint density at radius 1 is 1.44 bits per heavy atom. The predicted octanol–water partition coefficient (Wildman–Crippen LogP) is 2.73. The van der Waals surface area contributed by atoms with Gasteiger partial charge in [0.1, 0.15) is 5.75 Å². The number of H-pyrrole nitrogens is 1. The molecule has 0 unspecified atom stereocenters. The summed E-state index contributed by atoms with van der Waals surface area (Å²) in [6.45, 7) is 2.04. The SMILES string of the molecule is CCc1csc(-n2cc(C(=O)Nc3n[nH]c4cc(O)ccc34)cn2)n1. The third kappa shape index (κ3) is 2.85. The summed E-state index contributed by atoms with van der Waals surface area (Å²) in [7, 11) is 0. The number of hydrogen-bond acceptors (Lipinski definition) is 6. The number of phenolic OH excluding ortho intramolecular Hbond substituents is 1. The van der Waals surface area contributed by atoms with E-state index in [1.165, 1.54) is 17.5 Å². The van der Waals surface area contributed by atoms with Crippen molar-refractivity contribution in [3.63, 3.8) is 0 Å². The molecule has 0 saturated carbocycles. The number of aromatic amines is 1. The molecule has 3 aromatic heterocycles. The molecule has 3 heterocycles. The largest absolute Gasteiger partial charge is 0.508 e. The quantitative estimate of drug-likeness (QED) is 0.522. The molecule has 0 radical (unpaired) electrons. The Hall–Kier alpha value is -3.20. The number of amides is 1. The highest BCUT2D eigenvalue weighted by Crippen LogP contribution is 2.24. The standard InChI is InChI=1S/C16H14N6O2S/c1-2-10-8-25-16(18-10)22-7-9(6-17-22)15(24)19-14-12-4-3-11(23)5-13(12)20-21-14/h3-8,23H,2H2,1H3,(H2,19,20,21,24). The van der Waals surface area contributed by atoms with E-state index in [9.17, 15) is 9.90 Å². The van der Waals surface area contributed by atoms with Crippen molar-refractivity contribution in [2.45, 2.75) is 13.3 Å². The number of carbonyl (C=O) groups excluding carboxylic acids is 1. The van der Waals surface area contributed by atoms with Crippen LogP contribution in [0.15, 0.2) is 36.0 Å². The van der Waals surface area contributed by atoms with Crippen LogP contribution in [0.2, 0.25) is 0 Å². The van der Waals surface area contributed by atoms with Crippen molar-refractivity contribution >= 4 is 34.0 Å². The molecule has 0 atom stereocenters. The highest BCUT2D eigenvalue weighted by Gasteiger charge is 2.14. The van der Waals surface area contributed by atoms with E-state index in [2.05, 4.69) is 25.6 Å². The molecule has 126 valence electrons. The highest BCUT2D eigenvalue weighted by molar-refractivity contribution is 7.12. The summed E-state index contributed by atoms with van der Waals surface area (Å²) in [6.07, 6.45) is 3.98. The van der Waals surface area contributed by atoms with Crippen LogP contribution in [0.5, 0.6) is 5.75 Å². The number of nitrogens with one attached hydrogen (secondary N) is 2. The molecule has 8 nitrogen and oxygen atoms in total. The fraction of sp³-hybridized carbons (Fsp3) is 0.125. The molecule has 0 aliphatic carbocycles. The maximum absolute atomic E-state index is 12.4. The molecule has 0 aliphatic heterocycles. The minimum Gasteiger partial charge on any atom is -0.508 e. The van der Waals surface area contributed by atoms with E-state index in [1.807, 2.05) is 12.3 Å². The fourth-order valence-electron chi connectivity index (χ4n) is 2.39. The first-order chi connectivity index (χ1) is 12.1. The maximum atomic E-state index is 12.4. The van der Waals surface area contributed by atoms with Crippen LogP contribution in [0.1, 0.15) is 23.0 Å². The van der Waals surface area contributed by atoms with Crippen molar-refractivity contribution in [1.82, 2.24) is 25.0 Å². The van der Waals surface area contributed by atoms with Gasteiger partial charge in [-0.05, 0) is 18.6 Å². The van der Waals surface area contributed by atoms with E-state index in [0.29, 0.717) is 22.3 Å². The Balaban J connectivity index is 1.56. The van der Waals surface area contributed by atoms with Crippen LogP contribution >= 0.6 is 11.3 Å². The molecule has 9 heteroatoms. The van der Waals surface area contributed by atoms with E-state index in [4.69, 9.17) is 0 Å². The van der Waals surface area contributed by atoms with E-state index in [1.54, 1.807) is 29.1 Å². The van der Waals surface area contributed by atoms with Crippen LogP contribution in [-0.4, -0.2) is 36.0 Å². The number of hydrogen-bond donors (Lipinski definition) is 3. The van der Waals surface area contributed by atoms with E-state index >= 15 is 0 Å². The zero-order chi connectivity index (χ0) is 17.4. The third-order valence-corrected chi connectivity index (χ3v) is 4.60. The second-order valence-corrected chi connectivity index (χ2v) is 6.24. The second-order valence-electron chi connectivity index (χ2n) is 5.40. The molecule has 0 bridgehead atoms. The van der Waals surface area contributed by atoms with E-state index < -0.39 is 0 Å². The van der Waals surface area contributed by atoms with Crippen LogP contribution in [0.3, 0.4) is 0 Å². The number of carbonyl (C=O) groups is 1. The summed E-state index contributed by atoms with van der Waals surface area (Å²) in [6, 6.07) is 4.78. The van der Waals surface area contributed by atoms with Gasteiger partial charge in [0.05, 0.1) is 23.0 Å². The zero-order valence-corrected chi connectivity index (χ0v) is 14.0. The third-order valence-electron chi connectivity index (χ3n) is 3.72. The van der Waals surface area contributed by atoms with Gasteiger partial charge in [0.25, 0.3) is 5.91 Å². The normalized spacial score (nSPS) is 11.1. The molecule has 4 aromatic rings. The maximum Gasteiger partial charge on any atom is 0.260 e. The van der Waals surface area contributed by atoms with Crippen LogP contribution in [0.25, 0.3) is 16.0 Å². The summed E-state index contributed by atoms with van der Waals surface area (Å²) in [4.78, 5) is 16.9. The summed E-state index contributed by atoms with van der Waals surface area (Å²) >= 11 is 1.48. The van der Waals surface area contributed by atoms with Crippen LogP contribution in [0.4, 0.5) is 5.82 Å². The smallest absolute Gasteiger partial charge is 0.260 e. The molecule has 1 amide bonds. The molecule has 4 rings (SSSR count). The zero-order valence-electron chi connectivity index (χ0n) is 13.2. The average Bonchev–Trinajstić information content (AvgIpc) is 3.33. The monoisotopic (exact) mass is 354 g/mol. The lowest BCUT2D eigenvalue weighted by atomic mass is 10.2. The number of aromatic hydroxyl groups is 1. The van der Waals surface area contributed by atoms with Crippen LogP contribution < -0.4 is 5.32 Å². The minimum absolute atomic E-state index is 0.130. The van der Waals surface area contributed by atoms with Crippen molar-refractivity contribution in [3.05, 3.63) is 47.2 Å². The van der Waals surface area contributed by atoms with Gasteiger partial charge in [-0.25, -0.2) is 9.67 Å². The Kier molecular flexibility index (Phi) is 3.69. The predicted molar refractivity (Wildman–Crippen MR) is 94.3 cm³/mol. The van der Waals surface area contributed by atoms with Crippen molar-refractivity contribution in [2.75, 3.05) is 5.32 Å². The van der Waals surface area contributed by atoms with Gasteiger partial charge in [0, 0.05) is 23.0 Å². The first-order valence-electron chi connectivity index (χ1n) is 7.62. The topological polar surface area (TPSA) is 109 Å². The van der Waals surface area contributed by atoms with Gasteiger partial charge in [-0.15, -0.1) is 11.3 Å². The molecule has 0 aliphatic rings. The Morgan fingerprint density at radius 3 is 3.12 bits per heavy atom. The van der Waals surface area contributed by atoms with Crippen molar-refractivity contribution in [3.8, 4) is 10.9 Å². The Morgan fingerprint density at radius 2 is 2.32 bits per heavy atom. The lowest BCUT2D eigenvalue weighted by Gasteiger charge is -2.00. The van der Waals surface area contributed by atoms with Gasteiger partial charge in [-0.3, -0.25) is 9.89 Å². The van der Waals surface area contributed by atoms with Crippen molar-refractivity contribution in [1.29, 1.82) is 0 Å². The Bertz CT molecular complexity index is 1060.